The van der Waals surface area contributed by atoms with Crippen LogP contribution in [0.1, 0.15) is 37.3 Å². The molecule has 0 radical (unpaired) electrons. The van der Waals surface area contributed by atoms with Crippen molar-refractivity contribution in [2.45, 2.75) is 32.4 Å². The fraction of sp³-hybridized carbons (Fsp3) is 0.385. The summed E-state index contributed by atoms with van der Waals surface area (Å²) < 4.78 is 1.86. The summed E-state index contributed by atoms with van der Waals surface area (Å²) in [5.74, 6) is 0.846. The summed E-state index contributed by atoms with van der Waals surface area (Å²) in [6.07, 6.45) is 2.11. The lowest BCUT2D eigenvalue weighted by Crippen LogP contribution is -2.18. The second-order valence-electron chi connectivity index (χ2n) is 4.67. The molecule has 0 saturated heterocycles. The van der Waals surface area contributed by atoms with Gasteiger partial charge in [0.15, 0.2) is 0 Å². The van der Waals surface area contributed by atoms with E-state index in [1.165, 1.54) is 0 Å². The Bertz CT molecular complexity index is 566. The van der Waals surface area contributed by atoms with Gasteiger partial charge in [0.1, 0.15) is 12.2 Å². The largest absolute Gasteiger partial charge is 0.324 e. The van der Waals surface area contributed by atoms with E-state index in [-0.39, 0.29) is 12.1 Å². The summed E-state index contributed by atoms with van der Waals surface area (Å²) in [6, 6.07) is 5.47. The second-order valence-corrected chi connectivity index (χ2v) is 5.45. The van der Waals surface area contributed by atoms with Gasteiger partial charge in [-0.15, -0.1) is 0 Å². The molecule has 0 aliphatic heterocycles. The second kappa shape index (κ2) is 5.90. The number of nitrogens with zero attached hydrogens (tertiary/aromatic N) is 3. The zero-order valence-corrected chi connectivity index (χ0v) is 12.4. The Labute approximate surface area is 122 Å². The van der Waals surface area contributed by atoms with E-state index in [1.807, 2.05) is 16.8 Å². The van der Waals surface area contributed by atoms with Crippen LogP contribution in [-0.4, -0.2) is 14.8 Å². The van der Waals surface area contributed by atoms with E-state index in [9.17, 15) is 0 Å². The standard InChI is InChI=1S/C13H16Cl2N4/c1-8(2)19-12(17-7-18-19)6-11(16)9-4-3-5-10(14)13(9)15/h3-5,7-8,11H,6,16H2,1-2H3. The van der Waals surface area contributed by atoms with Crippen molar-refractivity contribution in [2.75, 3.05) is 0 Å². The number of aromatic nitrogens is 3. The van der Waals surface area contributed by atoms with E-state index >= 15 is 0 Å². The summed E-state index contributed by atoms with van der Waals surface area (Å²) in [7, 11) is 0. The van der Waals surface area contributed by atoms with Crippen molar-refractivity contribution in [3.63, 3.8) is 0 Å². The van der Waals surface area contributed by atoms with Gasteiger partial charge in [-0.3, -0.25) is 0 Å². The third-order valence-electron chi connectivity index (χ3n) is 2.92. The quantitative estimate of drug-likeness (QED) is 0.941. The Hall–Kier alpha value is -1.10. The first kappa shape index (κ1) is 14.3. The molecule has 0 saturated carbocycles. The Morgan fingerprint density at radius 3 is 2.74 bits per heavy atom. The molecule has 2 N–H and O–H groups in total. The molecule has 0 spiro atoms. The maximum absolute atomic E-state index is 6.20. The van der Waals surface area contributed by atoms with Gasteiger partial charge in [0, 0.05) is 18.5 Å². The number of hydrogen-bond acceptors (Lipinski definition) is 3. The SMILES string of the molecule is CC(C)n1ncnc1CC(N)c1cccc(Cl)c1Cl. The minimum atomic E-state index is -0.257. The molecule has 1 heterocycles. The molecule has 1 aromatic heterocycles. The monoisotopic (exact) mass is 298 g/mol. The Kier molecular flexibility index (Phi) is 4.45. The van der Waals surface area contributed by atoms with Gasteiger partial charge in [-0.25, -0.2) is 9.67 Å². The van der Waals surface area contributed by atoms with Crippen LogP contribution in [0.5, 0.6) is 0 Å². The highest BCUT2D eigenvalue weighted by Gasteiger charge is 2.16. The van der Waals surface area contributed by atoms with Gasteiger partial charge < -0.3 is 5.73 Å². The van der Waals surface area contributed by atoms with Crippen molar-refractivity contribution in [1.29, 1.82) is 0 Å². The minimum absolute atomic E-state index is 0.250. The molecule has 1 unspecified atom stereocenters. The zero-order chi connectivity index (χ0) is 14.0. The number of rotatable bonds is 4. The highest BCUT2D eigenvalue weighted by atomic mass is 35.5. The summed E-state index contributed by atoms with van der Waals surface area (Å²) in [5, 5.41) is 5.21. The van der Waals surface area contributed by atoms with Crippen molar-refractivity contribution < 1.29 is 0 Å². The van der Waals surface area contributed by atoms with Crippen LogP contribution in [-0.2, 0) is 6.42 Å². The number of hydrogen-bond donors (Lipinski definition) is 1. The first-order valence-corrected chi connectivity index (χ1v) is 6.84. The maximum Gasteiger partial charge on any atom is 0.138 e. The number of nitrogens with two attached hydrogens (primary N) is 1. The Morgan fingerprint density at radius 1 is 1.32 bits per heavy atom. The third kappa shape index (κ3) is 3.08. The molecular formula is C13H16Cl2N4. The minimum Gasteiger partial charge on any atom is -0.324 e. The molecule has 0 fully saturated rings. The van der Waals surface area contributed by atoms with Crippen LogP contribution in [0, 0.1) is 0 Å². The average molecular weight is 299 g/mol. The highest BCUT2D eigenvalue weighted by Crippen LogP contribution is 2.30. The predicted octanol–water partition coefficient (Wildman–Crippen LogP) is 3.41. The predicted molar refractivity (Wildman–Crippen MR) is 77.5 cm³/mol. The summed E-state index contributed by atoms with van der Waals surface area (Å²) in [6.45, 7) is 4.10. The van der Waals surface area contributed by atoms with Gasteiger partial charge in [0.25, 0.3) is 0 Å². The van der Waals surface area contributed by atoms with E-state index < -0.39 is 0 Å². The summed E-state index contributed by atoms with van der Waals surface area (Å²) in [5.41, 5.74) is 7.03. The molecule has 6 heteroatoms. The summed E-state index contributed by atoms with van der Waals surface area (Å²) >= 11 is 12.2. The van der Waals surface area contributed by atoms with E-state index in [0.29, 0.717) is 16.5 Å². The molecule has 102 valence electrons. The van der Waals surface area contributed by atoms with Crippen molar-refractivity contribution in [3.8, 4) is 0 Å². The smallest absolute Gasteiger partial charge is 0.138 e. The lowest BCUT2D eigenvalue weighted by atomic mass is 10.0. The van der Waals surface area contributed by atoms with Crippen LogP contribution in [0.15, 0.2) is 24.5 Å². The Balaban J connectivity index is 2.23. The lowest BCUT2D eigenvalue weighted by molar-refractivity contribution is 0.493. The normalized spacial score (nSPS) is 12.9. The molecule has 0 bridgehead atoms. The molecule has 4 nitrogen and oxygen atoms in total. The number of benzene rings is 1. The Morgan fingerprint density at radius 2 is 2.05 bits per heavy atom. The molecule has 0 aliphatic carbocycles. The van der Waals surface area contributed by atoms with Crippen molar-refractivity contribution >= 4 is 23.2 Å². The van der Waals surface area contributed by atoms with Crippen LogP contribution in [0.4, 0.5) is 0 Å². The highest BCUT2D eigenvalue weighted by molar-refractivity contribution is 6.42. The van der Waals surface area contributed by atoms with E-state index in [2.05, 4.69) is 23.9 Å². The molecule has 0 amide bonds. The van der Waals surface area contributed by atoms with Gasteiger partial charge in [-0.2, -0.15) is 5.10 Å². The van der Waals surface area contributed by atoms with Gasteiger partial charge in [0.2, 0.25) is 0 Å². The van der Waals surface area contributed by atoms with Gasteiger partial charge >= 0.3 is 0 Å². The van der Waals surface area contributed by atoms with Crippen LogP contribution < -0.4 is 5.73 Å². The van der Waals surface area contributed by atoms with E-state index in [1.54, 1.807) is 12.4 Å². The number of halogens is 2. The van der Waals surface area contributed by atoms with Crippen molar-refractivity contribution in [1.82, 2.24) is 14.8 Å². The molecular weight excluding hydrogens is 283 g/mol. The molecule has 2 aromatic rings. The molecule has 2 rings (SSSR count). The van der Waals surface area contributed by atoms with Crippen LogP contribution in [0.3, 0.4) is 0 Å². The first-order chi connectivity index (χ1) is 9.00. The van der Waals surface area contributed by atoms with E-state index in [0.717, 1.165) is 11.4 Å². The van der Waals surface area contributed by atoms with Gasteiger partial charge in [0.05, 0.1) is 10.0 Å². The van der Waals surface area contributed by atoms with Crippen molar-refractivity contribution in [2.24, 2.45) is 5.73 Å². The van der Waals surface area contributed by atoms with Crippen LogP contribution in [0.2, 0.25) is 10.0 Å². The average Bonchev–Trinajstić information content (AvgIpc) is 2.80. The summed E-state index contributed by atoms with van der Waals surface area (Å²) in [4.78, 5) is 4.25. The molecule has 1 atom stereocenters. The molecule has 1 aromatic carbocycles. The fourth-order valence-corrected chi connectivity index (χ4v) is 2.41. The lowest BCUT2D eigenvalue weighted by Gasteiger charge is -2.16. The van der Waals surface area contributed by atoms with Gasteiger partial charge in [-0.1, -0.05) is 35.3 Å². The zero-order valence-electron chi connectivity index (χ0n) is 10.8. The molecule has 0 aliphatic rings. The van der Waals surface area contributed by atoms with Gasteiger partial charge in [-0.05, 0) is 25.5 Å². The third-order valence-corrected chi connectivity index (χ3v) is 3.75. The first-order valence-electron chi connectivity index (χ1n) is 6.08. The fourth-order valence-electron chi connectivity index (χ4n) is 1.97. The van der Waals surface area contributed by atoms with Crippen LogP contribution >= 0.6 is 23.2 Å². The molecule has 19 heavy (non-hydrogen) atoms. The van der Waals surface area contributed by atoms with Crippen molar-refractivity contribution in [3.05, 3.63) is 46.0 Å². The topological polar surface area (TPSA) is 56.7 Å². The van der Waals surface area contributed by atoms with E-state index in [4.69, 9.17) is 28.9 Å². The maximum atomic E-state index is 6.20. The van der Waals surface area contributed by atoms with Crippen LogP contribution in [0.25, 0.3) is 0 Å².